The Balaban J connectivity index is 1.21. The number of rotatable bonds is 2. The first kappa shape index (κ1) is 29.7. The van der Waals surface area contributed by atoms with Crippen molar-refractivity contribution in [3.05, 3.63) is 180 Å². The second kappa shape index (κ2) is 10.3. The van der Waals surface area contributed by atoms with Gasteiger partial charge in [0.15, 0.2) is 0 Å². The van der Waals surface area contributed by atoms with Crippen molar-refractivity contribution in [1.82, 2.24) is 0 Å². The standard InChI is InChI=1S/C52H38/c1-51(2)43-24-14-13-23-40(43)50-35-18-8-7-17-34(35)42(30-46(50)51)48-38-21-11-9-19-36(38)47(37-20-10-12-22-39(37)48)32-25-27-41-45(29-32)52(3,4)44-28-26-31-15-5-6-16-33(31)49(41)44/h5-30H,1-4H3. The fraction of sp³-hybridized carbons (Fsp3) is 0.115. The van der Waals surface area contributed by atoms with Crippen LogP contribution in [0.15, 0.2) is 158 Å². The van der Waals surface area contributed by atoms with Crippen molar-refractivity contribution in [2.24, 2.45) is 0 Å². The van der Waals surface area contributed by atoms with Gasteiger partial charge in [-0.05, 0) is 122 Å². The smallest absolute Gasteiger partial charge is 0.0159 e. The molecular weight excluding hydrogens is 625 g/mol. The lowest BCUT2D eigenvalue weighted by molar-refractivity contribution is 0.661. The molecule has 0 N–H and O–H groups in total. The molecule has 0 amide bonds. The van der Waals surface area contributed by atoms with E-state index in [0.29, 0.717) is 0 Å². The quantitative estimate of drug-likeness (QED) is 0.162. The van der Waals surface area contributed by atoms with Gasteiger partial charge in [0.2, 0.25) is 0 Å². The molecule has 0 saturated carbocycles. The van der Waals surface area contributed by atoms with E-state index in [9.17, 15) is 0 Å². The molecule has 0 atom stereocenters. The average Bonchev–Trinajstić information content (AvgIpc) is 3.56. The zero-order chi connectivity index (χ0) is 34.9. The van der Waals surface area contributed by atoms with Crippen molar-refractivity contribution < 1.29 is 0 Å². The maximum Gasteiger partial charge on any atom is 0.0159 e. The lowest BCUT2D eigenvalue weighted by Gasteiger charge is -2.25. The van der Waals surface area contributed by atoms with Crippen LogP contribution in [0.1, 0.15) is 49.9 Å². The molecule has 2 aliphatic rings. The molecule has 246 valence electrons. The van der Waals surface area contributed by atoms with E-state index < -0.39 is 0 Å². The highest BCUT2D eigenvalue weighted by Gasteiger charge is 2.38. The molecular formula is C52H38. The Morgan fingerprint density at radius 2 is 0.788 bits per heavy atom. The van der Waals surface area contributed by atoms with Gasteiger partial charge in [-0.2, -0.15) is 0 Å². The van der Waals surface area contributed by atoms with Crippen LogP contribution in [0.3, 0.4) is 0 Å². The monoisotopic (exact) mass is 662 g/mol. The van der Waals surface area contributed by atoms with Crippen molar-refractivity contribution in [3.63, 3.8) is 0 Å². The number of benzene rings is 9. The summed E-state index contributed by atoms with van der Waals surface area (Å²) in [6.07, 6.45) is 0. The molecule has 0 spiro atoms. The summed E-state index contributed by atoms with van der Waals surface area (Å²) in [6.45, 7) is 9.58. The Labute approximate surface area is 305 Å². The van der Waals surface area contributed by atoms with E-state index in [4.69, 9.17) is 0 Å². The zero-order valence-corrected chi connectivity index (χ0v) is 30.0. The van der Waals surface area contributed by atoms with Gasteiger partial charge in [-0.1, -0.05) is 173 Å². The highest BCUT2D eigenvalue weighted by molar-refractivity contribution is 6.24. The Kier molecular flexibility index (Phi) is 5.89. The number of hydrogen-bond donors (Lipinski definition) is 0. The Bertz CT molecular complexity index is 2950. The van der Waals surface area contributed by atoms with E-state index in [1.165, 1.54) is 110 Å². The van der Waals surface area contributed by atoms with E-state index in [-0.39, 0.29) is 10.8 Å². The highest BCUT2D eigenvalue weighted by Crippen LogP contribution is 2.56. The summed E-state index contributed by atoms with van der Waals surface area (Å²) in [6, 6.07) is 59.6. The molecule has 52 heavy (non-hydrogen) atoms. The summed E-state index contributed by atoms with van der Waals surface area (Å²) >= 11 is 0. The van der Waals surface area contributed by atoms with Crippen LogP contribution in [0.2, 0.25) is 0 Å². The van der Waals surface area contributed by atoms with Crippen LogP contribution < -0.4 is 0 Å². The first-order valence-electron chi connectivity index (χ1n) is 18.6. The number of fused-ring (bicyclic) bond motifs is 12. The highest BCUT2D eigenvalue weighted by atomic mass is 14.4. The maximum absolute atomic E-state index is 2.53. The van der Waals surface area contributed by atoms with Crippen LogP contribution in [-0.2, 0) is 10.8 Å². The minimum absolute atomic E-state index is 0.101. The summed E-state index contributed by atoms with van der Waals surface area (Å²) in [7, 11) is 0. The zero-order valence-electron chi connectivity index (χ0n) is 30.0. The Hall–Kier alpha value is -5.98. The molecule has 0 aliphatic heterocycles. The van der Waals surface area contributed by atoms with Crippen molar-refractivity contribution in [1.29, 1.82) is 0 Å². The summed E-state index contributed by atoms with van der Waals surface area (Å²) in [5.74, 6) is 0. The van der Waals surface area contributed by atoms with Crippen LogP contribution in [-0.4, -0.2) is 0 Å². The van der Waals surface area contributed by atoms with Crippen molar-refractivity contribution >= 4 is 43.1 Å². The van der Waals surface area contributed by atoms with Gasteiger partial charge in [0.1, 0.15) is 0 Å². The van der Waals surface area contributed by atoms with Crippen molar-refractivity contribution in [2.45, 2.75) is 38.5 Å². The van der Waals surface area contributed by atoms with Crippen LogP contribution in [0.25, 0.3) is 87.6 Å². The Morgan fingerprint density at radius 1 is 0.288 bits per heavy atom. The molecule has 0 heterocycles. The second-order valence-corrected chi connectivity index (χ2v) is 16.0. The third kappa shape index (κ3) is 3.77. The van der Waals surface area contributed by atoms with E-state index in [1.807, 2.05) is 0 Å². The van der Waals surface area contributed by atoms with Crippen LogP contribution >= 0.6 is 0 Å². The first-order valence-corrected chi connectivity index (χ1v) is 18.6. The maximum atomic E-state index is 2.53. The molecule has 0 radical (unpaired) electrons. The van der Waals surface area contributed by atoms with Gasteiger partial charge in [0.25, 0.3) is 0 Å². The Morgan fingerprint density at radius 3 is 1.48 bits per heavy atom. The first-order chi connectivity index (χ1) is 25.3. The third-order valence-corrected chi connectivity index (χ3v) is 12.6. The molecule has 2 aliphatic carbocycles. The lowest BCUT2D eigenvalue weighted by Crippen LogP contribution is -2.15. The van der Waals surface area contributed by atoms with Gasteiger partial charge in [-0.15, -0.1) is 0 Å². The van der Waals surface area contributed by atoms with E-state index in [1.54, 1.807) is 0 Å². The van der Waals surface area contributed by atoms with Crippen LogP contribution in [0, 0.1) is 0 Å². The predicted molar refractivity (Wildman–Crippen MR) is 222 cm³/mol. The minimum atomic E-state index is -0.107. The average molecular weight is 663 g/mol. The van der Waals surface area contributed by atoms with Crippen molar-refractivity contribution in [2.75, 3.05) is 0 Å². The fourth-order valence-electron chi connectivity index (χ4n) is 10.1. The summed E-state index contributed by atoms with van der Waals surface area (Å²) in [4.78, 5) is 0. The summed E-state index contributed by atoms with van der Waals surface area (Å²) in [5.41, 5.74) is 16.2. The fourth-order valence-corrected chi connectivity index (χ4v) is 10.1. The van der Waals surface area contributed by atoms with E-state index in [0.717, 1.165) is 0 Å². The molecule has 0 bridgehead atoms. The normalized spacial score (nSPS) is 14.8. The minimum Gasteiger partial charge on any atom is -0.0619 e. The van der Waals surface area contributed by atoms with Gasteiger partial charge in [0.05, 0.1) is 0 Å². The molecule has 0 nitrogen and oxygen atoms in total. The van der Waals surface area contributed by atoms with E-state index >= 15 is 0 Å². The van der Waals surface area contributed by atoms with Crippen LogP contribution in [0.5, 0.6) is 0 Å². The summed E-state index contributed by atoms with van der Waals surface area (Å²) < 4.78 is 0. The third-order valence-electron chi connectivity index (χ3n) is 12.6. The van der Waals surface area contributed by atoms with Gasteiger partial charge < -0.3 is 0 Å². The summed E-state index contributed by atoms with van der Waals surface area (Å²) in [5, 5.41) is 10.5. The molecule has 0 fully saturated rings. The molecule has 0 heteroatoms. The van der Waals surface area contributed by atoms with E-state index in [2.05, 4.69) is 185 Å². The number of hydrogen-bond acceptors (Lipinski definition) is 0. The van der Waals surface area contributed by atoms with Gasteiger partial charge in [0, 0.05) is 10.8 Å². The second-order valence-electron chi connectivity index (χ2n) is 16.0. The van der Waals surface area contributed by atoms with Gasteiger partial charge >= 0.3 is 0 Å². The molecule has 0 aromatic heterocycles. The topological polar surface area (TPSA) is 0 Å². The van der Waals surface area contributed by atoms with Crippen LogP contribution in [0.4, 0.5) is 0 Å². The van der Waals surface area contributed by atoms with Gasteiger partial charge in [-0.25, -0.2) is 0 Å². The SMILES string of the molecule is CC1(C)c2cc(-c3c4ccccc4c(-c4cc5c(c6ccccc46)-c4ccccc4C5(C)C)c4ccccc34)ccc2-c2c1ccc1ccccc21. The largest absolute Gasteiger partial charge is 0.0619 e. The molecule has 11 rings (SSSR count). The predicted octanol–water partition coefficient (Wildman–Crippen LogP) is 14.2. The molecule has 9 aromatic rings. The molecule has 0 saturated heterocycles. The van der Waals surface area contributed by atoms with Gasteiger partial charge in [-0.3, -0.25) is 0 Å². The molecule has 9 aromatic carbocycles. The lowest BCUT2D eigenvalue weighted by atomic mass is 9.78. The van der Waals surface area contributed by atoms with Crippen molar-refractivity contribution in [3.8, 4) is 44.5 Å². The molecule has 0 unspecified atom stereocenters.